The molecule has 0 radical (unpaired) electrons. The Hall–Kier alpha value is -3.41. The van der Waals surface area contributed by atoms with E-state index in [0.717, 1.165) is 17.3 Å². The third-order valence-corrected chi connectivity index (χ3v) is 4.52. The second-order valence-corrected chi connectivity index (χ2v) is 6.69. The van der Waals surface area contributed by atoms with E-state index in [9.17, 15) is 19.5 Å². The third-order valence-electron chi connectivity index (χ3n) is 4.52. The number of carboxylic acids is 1. The molecule has 0 aliphatic rings. The van der Waals surface area contributed by atoms with E-state index in [1.807, 2.05) is 39.0 Å². The van der Waals surface area contributed by atoms with Crippen LogP contribution in [0.2, 0.25) is 0 Å². The summed E-state index contributed by atoms with van der Waals surface area (Å²) in [5, 5.41) is 12.4. The first-order valence-electron chi connectivity index (χ1n) is 8.59. The van der Waals surface area contributed by atoms with Crippen molar-refractivity contribution in [3.8, 4) is 0 Å². The van der Waals surface area contributed by atoms with Gasteiger partial charge in [-0.05, 0) is 36.1 Å². The number of aromatic carboxylic acids is 1. The minimum Gasteiger partial charge on any atom is -0.477 e. The van der Waals surface area contributed by atoms with E-state index in [0.29, 0.717) is 11.2 Å². The van der Waals surface area contributed by atoms with Crippen LogP contribution in [0.1, 0.15) is 41.3 Å². The highest BCUT2D eigenvalue weighted by Gasteiger charge is 2.19. The maximum Gasteiger partial charge on any atom is 0.341 e. The Morgan fingerprint density at radius 2 is 1.78 bits per heavy atom. The van der Waals surface area contributed by atoms with E-state index in [1.165, 1.54) is 10.6 Å². The van der Waals surface area contributed by atoms with Crippen molar-refractivity contribution in [2.24, 2.45) is 0 Å². The third kappa shape index (κ3) is 3.33. The largest absolute Gasteiger partial charge is 0.477 e. The number of fused-ring (bicyclic) bond motifs is 1. The molecule has 1 aromatic heterocycles. The Kier molecular flexibility index (Phi) is 4.81. The van der Waals surface area contributed by atoms with Crippen molar-refractivity contribution < 1.29 is 14.7 Å². The van der Waals surface area contributed by atoms with Crippen LogP contribution >= 0.6 is 0 Å². The first-order valence-corrected chi connectivity index (χ1v) is 8.59. The fraction of sp³-hybridized carbons (Fsp3) is 0.190. The quantitative estimate of drug-likeness (QED) is 0.728. The van der Waals surface area contributed by atoms with Gasteiger partial charge in [-0.25, -0.2) is 9.59 Å². The molecule has 0 aliphatic carbocycles. The van der Waals surface area contributed by atoms with Gasteiger partial charge in [0.15, 0.2) is 0 Å². The zero-order chi connectivity index (χ0) is 19.7. The molecule has 0 spiro atoms. The van der Waals surface area contributed by atoms with E-state index >= 15 is 0 Å². The molecule has 2 N–H and O–H groups in total. The van der Waals surface area contributed by atoms with Crippen molar-refractivity contribution in [1.82, 2.24) is 4.57 Å². The highest BCUT2D eigenvalue weighted by molar-refractivity contribution is 6.01. The van der Waals surface area contributed by atoms with Crippen molar-refractivity contribution in [2.45, 2.75) is 26.7 Å². The van der Waals surface area contributed by atoms with Crippen LogP contribution in [-0.4, -0.2) is 21.7 Å². The molecule has 27 heavy (non-hydrogen) atoms. The van der Waals surface area contributed by atoms with Crippen LogP contribution in [0.15, 0.2) is 53.5 Å². The number of rotatable bonds is 3. The molecule has 0 unspecified atom stereocenters. The maximum absolute atomic E-state index is 13.0. The Morgan fingerprint density at radius 3 is 2.44 bits per heavy atom. The smallest absolute Gasteiger partial charge is 0.341 e. The lowest BCUT2D eigenvalue weighted by Gasteiger charge is -2.18. The summed E-state index contributed by atoms with van der Waals surface area (Å²) < 4.78 is 1.18. The summed E-state index contributed by atoms with van der Waals surface area (Å²) in [5.41, 5.74) is 1.87. The van der Waals surface area contributed by atoms with Gasteiger partial charge in [0.2, 0.25) is 5.43 Å². The molecule has 6 nitrogen and oxygen atoms in total. The number of carbonyl (C=O) groups excluding carboxylic acids is 1. The summed E-state index contributed by atoms with van der Waals surface area (Å²) in [5.74, 6) is -1.17. The summed E-state index contributed by atoms with van der Waals surface area (Å²) in [6.07, 6.45) is 1.08. The molecule has 0 fully saturated rings. The van der Waals surface area contributed by atoms with Crippen LogP contribution < -0.4 is 10.7 Å². The number of hydrogen-bond donors (Lipinski definition) is 2. The molecule has 3 rings (SSSR count). The van der Waals surface area contributed by atoms with Gasteiger partial charge in [0.1, 0.15) is 5.56 Å². The molecule has 1 heterocycles. The summed E-state index contributed by atoms with van der Waals surface area (Å²) in [6.45, 7) is 5.96. The Morgan fingerprint density at radius 1 is 1.07 bits per heavy atom. The zero-order valence-electron chi connectivity index (χ0n) is 15.3. The zero-order valence-corrected chi connectivity index (χ0v) is 15.3. The van der Waals surface area contributed by atoms with Gasteiger partial charge in [-0.3, -0.25) is 9.36 Å². The maximum atomic E-state index is 13.0. The van der Waals surface area contributed by atoms with Gasteiger partial charge >= 0.3 is 12.0 Å². The molecule has 0 saturated heterocycles. The highest BCUT2D eigenvalue weighted by Crippen LogP contribution is 2.27. The Bertz CT molecular complexity index is 1110. The molecule has 0 bridgehead atoms. The van der Waals surface area contributed by atoms with Crippen LogP contribution in [0.25, 0.3) is 10.9 Å². The number of hydrogen-bond acceptors (Lipinski definition) is 3. The van der Waals surface area contributed by atoms with Crippen molar-refractivity contribution >= 4 is 28.6 Å². The molecule has 3 aromatic rings. The number of anilines is 1. The lowest BCUT2D eigenvalue weighted by atomic mass is 9.98. The number of nitrogens with zero attached hydrogens (tertiary/aromatic N) is 1. The Labute approximate surface area is 156 Å². The fourth-order valence-corrected chi connectivity index (χ4v) is 3.11. The molecular weight excluding hydrogens is 344 g/mol. The summed E-state index contributed by atoms with van der Waals surface area (Å²) in [4.78, 5) is 36.8. The molecule has 0 saturated carbocycles. The SMILES string of the molecule is Cc1cccc(C(C)C)c1NC(=O)n1cc(C(=O)O)c(=O)c2ccccc21. The van der Waals surface area contributed by atoms with Crippen LogP contribution in [0.3, 0.4) is 0 Å². The van der Waals surface area contributed by atoms with Gasteiger partial charge in [-0.2, -0.15) is 0 Å². The van der Waals surface area contributed by atoms with E-state index in [-0.39, 0.29) is 11.3 Å². The van der Waals surface area contributed by atoms with Crippen molar-refractivity contribution in [3.63, 3.8) is 0 Å². The standard InChI is InChI=1S/C21H20N2O4/c1-12(2)14-9-6-7-13(3)18(14)22-21(27)23-11-16(20(25)26)19(24)15-8-4-5-10-17(15)23/h4-12H,1-3H3,(H,22,27)(H,25,26). The number of para-hydroxylation sites is 2. The van der Waals surface area contributed by atoms with Crippen molar-refractivity contribution in [3.05, 3.63) is 75.6 Å². The average molecular weight is 364 g/mol. The van der Waals surface area contributed by atoms with E-state index in [4.69, 9.17) is 0 Å². The molecule has 0 aliphatic heterocycles. The number of amides is 1. The molecule has 0 atom stereocenters. The molecule has 2 aromatic carbocycles. The first-order chi connectivity index (χ1) is 12.8. The number of aromatic nitrogens is 1. The lowest BCUT2D eigenvalue weighted by molar-refractivity contribution is 0.0695. The van der Waals surface area contributed by atoms with Gasteiger partial charge in [-0.15, -0.1) is 0 Å². The second-order valence-electron chi connectivity index (χ2n) is 6.69. The van der Waals surface area contributed by atoms with E-state index < -0.39 is 23.0 Å². The normalized spacial score (nSPS) is 11.0. The predicted octanol–water partition coefficient (Wildman–Crippen LogP) is 4.21. The summed E-state index contributed by atoms with van der Waals surface area (Å²) in [6, 6.07) is 11.7. The number of aryl methyl sites for hydroxylation is 1. The van der Waals surface area contributed by atoms with E-state index in [1.54, 1.807) is 18.2 Å². The number of benzene rings is 2. The number of carboxylic acid groups (broad SMARTS) is 1. The predicted molar refractivity (Wildman–Crippen MR) is 105 cm³/mol. The van der Waals surface area contributed by atoms with Crippen LogP contribution in [0.4, 0.5) is 10.5 Å². The highest BCUT2D eigenvalue weighted by atomic mass is 16.4. The topological polar surface area (TPSA) is 88.4 Å². The van der Waals surface area contributed by atoms with Gasteiger partial charge < -0.3 is 10.4 Å². The van der Waals surface area contributed by atoms with Crippen LogP contribution in [0, 0.1) is 6.92 Å². The molecule has 1 amide bonds. The van der Waals surface area contributed by atoms with Crippen LogP contribution in [-0.2, 0) is 0 Å². The number of carbonyl (C=O) groups is 2. The van der Waals surface area contributed by atoms with Gasteiger partial charge in [0.05, 0.1) is 5.52 Å². The van der Waals surface area contributed by atoms with Gasteiger partial charge in [0.25, 0.3) is 0 Å². The number of pyridine rings is 1. The fourth-order valence-electron chi connectivity index (χ4n) is 3.11. The minimum absolute atomic E-state index is 0.182. The van der Waals surface area contributed by atoms with Crippen LogP contribution in [0.5, 0.6) is 0 Å². The molecule has 138 valence electrons. The first kappa shape index (κ1) is 18.4. The average Bonchev–Trinajstić information content (AvgIpc) is 2.63. The Balaban J connectivity index is 2.17. The monoisotopic (exact) mass is 364 g/mol. The molecular formula is C21H20N2O4. The van der Waals surface area contributed by atoms with Gasteiger partial charge in [-0.1, -0.05) is 44.2 Å². The van der Waals surface area contributed by atoms with Crippen molar-refractivity contribution in [2.75, 3.05) is 5.32 Å². The lowest BCUT2D eigenvalue weighted by Crippen LogP contribution is -2.26. The second kappa shape index (κ2) is 7.07. The minimum atomic E-state index is -1.37. The van der Waals surface area contributed by atoms with E-state index in [2.05, 4.69) is 5.32 Å². The summed E-state index contributed by atoms with van der Waals surface area (Å²) >= 11 is 0. The van der Waals surface area contributed by atoms with Gasteiger partial charge in [0, 0.05) is 17.3 Å². The molecule has 6 heteroatoms. The summed E-state index contributed by atoms with van der Waals surface area (Å²) in [7, 11) is 0. The van der Waals surface area contributed by atoms with Crippen molar-refractivity contribution in [1.29, 1.82) is 0 Å². The number of nitrogens with one attached hydrogen (secondary N) is 1.